The van der Waals surface area contributed by atoms with E-state index in [1.54, 1.807) is 17.0 Å². The van der Waals surface area contributed by atoms with Crippen molar-refractivity contribution in [3.63, 3.8) is 0 Å². The van der Waals surface area contributed by atoms with Crippen LogP contribution in [0.25, 0.3) is 0 Å². The molecule has 7 heteroatoms. The molecule has 114 valence electrons. The molecule has 1 heterocycles. The molecule has 1 aliphatic heterocycles. The maximum atomic E-state index is 12.2. The van der Waals surface area contributed by atoms with Crippen LogP contribution in [0.5, 0.6) is 0 Å². The van der Waals surface area contributed by atoms with Gasteiger partial charge in [0.2, 0.25) is 5.91 Å². The van der Waals surface area contributed by atoms with Crippen LogP contribution in [0.3, 0.4) is 0 Å². The van der Waals surface area contributed by atoms with Crippen LogP contribution < -0.4 is 0 Å². The number of nitrogens with zero attached hydrogens (tertiary/aromatic N) is 2. The summed E-state index contributed by atoms with van der Waals surface area (Å²) in [7, 11) is 0. The predicted octanol–water partition coefficient (Wildman–Crippen LogP) is 1.92. The van der Waals surface area contributed by atoms with Crippen molar-refractivity contribution in [1.82, 2.24) is 4.90 Å². The SMILES string of the molecule is CC1CCN(C(=O)CSc2ccc([N+](=O)[O-])cc2)C1CO. The van der Waals surface area contributed by atoms with Crippen molar-refractivity contribution in [3.8, 4) is 0 Å². The number of thioether (sulfide) groups is 1. The lowest BCUT2D eigenvalue weighted by molar-refractivity contribution is -0.384. The quantitative estimate of drug-likeness (QED) is 0.510. The van der Waals surface area contributed by atoms with Gasteiger partial charge >= 0.3 is 0 Å². The molecule has 1 aliphatic rings. The summed E-state index contributed by atoms with van der Waals surface area (Å²) in [5.41, 5.74) is 0.0411. The number of hydrogen-bond acceptors (Lipinski definition) is 5. The Labute approximate surface area is 127 Å². The Hall–Kier alpha value is -1.60. The van der Waals surface area contributed by atoms with E-state index in [1.165, 1.54) is 23.9 Å². The highest BCUT2D eigenvalue weighted by molar-refractivity contribution is 8.00. The van der Waals surface area contributed by atoms with E-state index in [2.05, 4.69) is 0 Å². The summed E-state index contributed by atoms with van der Waals surface area (Å²) < 4.78 is 0. The summed E-state index contributed by atoms with van der Waals surface area (Å²) in [4.78, 5) is 24.9. The predicted molar refractivity (Wildman–Crippen MR) is 80.2 cm³/mol. The van der Waals surface area contributed by atoms with Gasteiger partial charge in [0.05, 0.1) is 23.3 Å². The van der Waals surface area contributed by atoms with Crippen LogP contribution in [-0.4, -0.2) is 45.8 Å². The van der Waals surface area contributed by atoms with Crippen molar-refractivity contribution >= 4 is 23.4 Å². The molecule has 21 heavy (non-hydrogen) atoms. The third kappa shape index (κ3) is 3.74. The average Bonchev–Trinajstić information content (AvgIpc) is 2.86. The van der Waals surface area contributed by atoms with Gasteiger partial charge in [0.15, 0.2) is 0 Å². The van der Waals surface area contributed by atoms with E-state index in [9.17, 15) is 20.0 Å². The summed E-state index contributed by atoms with van der Waals surface area (Å²) in [6.07, 6.45) is 0.916. The first kappa shape index (κ1) is 15.8. The lowest BCUT2D eigenvalue weighted by Crippen LogP contribution is -2.40. The summed E-state index contributed by atoms with van der Waals surface area (Å²) in [6, 6.07) is 6.07. The summed E-state index contributed by atoms with van der Waals surface area (Å²) in [6.45, 7) is 2.72. The Morgan fingerprint density at radius 1 is 1.48 bits per heavy atom. The van der Waals surface area contributed by atoms with Gasteiger partial charge in [0, 0.05) is 23.6 Å². The van der Waals surface area contributed by atoms with Gasteiger partial charge < -0.3 is 10.0 Å². The number of amides is 1. The van der Waals surface area contributed by atoms with E-state index in [1.807, 2.05) is 6.92 Å². The van der Waals surface area contributed by atoms with Gasteiger partial charge in [0.1, 0.15) is 0 Å². The molecule has 6 nitrogen and oxygen atoms in total. The standard InChI is InChI=1S/C14H18N2O4S/c1-10-6-7-15(13(10)8-17)14(18)9-21-12-4-2-11(3-5-12)16(19)20/h2-5,10,13,17H,6-9H2,1H3. The number of benzene rings is 1. The Morgan fingerprint density at radius 3 is 2.71 bits per heavy atom. The minimum Gasteiger partial charge on any atom is -0.394 e. The smallest absolute Gasteiger partial charge is 0.269 e. The fraction of sp³-hybridized carbons (Fsp3) is 0.500. The van der Waals surface area contributed by atoms with Crippen molar-refractivity contribution in [1.29, 1.82) is 0 Å². The molecule has 2 unspecified atom stereocenters. The molecule has 2 atom stereocenters. The Balaban J connectivity index is 1.90. The third-order valence-corrected chi connectivity index (χ3v) is 4.80. The molecule has 1 saturated heterocycles. The van der Waals surface area contributed by atoms with E-state index in [0.29, 0.717) is 12.5 Å². The Kier molecular flexibility index (Phi) is 5.19. The summed E-state index contributed by atoms with van der Waals surface area (Å²) in [5, 5.41) is 19.9. The van der Waals surface area contributed by atoms with E-state index in [-0.39, 0.29) is 30.0 Å². The largest absolute Gasteiger partial charge is 0.394 e. The topological polar surface area (TPSA) is 83.7 Å². The van der Waals surface area contributed by atoms with Crippen molar-refractivity contribution in [2.24, 2.45) is 5.92 Å². The molecule has 0 bridgehead atoms. The second-order valence-corrected chi connectivity index (χ2v) is 6.19. The third-order valence-electron chi connectivity index (χ3n) is 3.80. The molecule has 0 aliphatic carbocycles. The van der Waals surface area contributed by atoms with Gasteiger partial charge in [0.25, 0.3) is 5.69 Å². The van der Waals surface area contributed by atoms with Gasteiger partial charge in [-0.25, -0.2) is 0 Å². The van der Waals surface area contributed by atoms with E-state index >= 15 is 0 Å². The zero-order valence-electron chi connectivity index (χ0n) is 11.8. The number of carbonyl (C=O) groups excluding carboxylic acids is 1. The first-order valence-corrected chi connectivity index (χ1v) is 7.79. The molecule has 1 fully saturated rings. The van der Waals surface area contributed by atoms with Gasteiger partial charge in [-0.15, -0.1) is 11.8 Å². The first-order valence-electron chi connectivity index (χ1n) is 6.80. The van der Waals surface area contributed by atoms with Gasteiger partial charge in [-0.2, -0.15) is 0 Å². The second kappa shape index (κ2) is 6.91. The van der Waals surface area contributed by atoms with Crippen LogP contribution in [-0.2, 0) is 4.79 Å². The maximum absolute atomic E-state index is 12.2. The van der Waals surface area contributed by atoms with E-state index < -0.39 is 4.92 Å². The zero-order valence-corrected chi connectivity index (χ0v) is 12.6. The molecule has 0 radical (unpaired) electrons. The number of aliphatic hydroxyl groups excluding tert-OH is 1. The van der Waals surface area contributed by atoms with Crippen LogP contribution >= 0.6 is 11.8 Å². The van der Waals surface area contributed by atoms with E-state index in [4.69, 9.17) is 0 Å². The summed E-state index contributed by atoms with van der Waals surface area (Å²) >= 11 is 1.35. The van der Waals surface area contributed by atoms with Crippen LogP contribution in [0.1, 0.15) is 13.3 Å². The number of carbonyl (C=O) groups is 1. The summed E-state index contributed by atoms with van der Waals surface area (Å²) in [5.74, 6) is 0.603. The molecule has 1 amide bonds. The van der Waals surface area contributed by atoms with Gasteiger partial charge in [-0.3, -0.25) is 14.9 Å². The van der Waals surface area contributed by atoms with Crippen LogP contribution in [0, 0.1) is 16.0 Å². The minimum atomic E-state index is -0.447. The van der Waals surface area contributed by atoms with Gasteiger partial charge in [-0.05, 0) is 24.5 Å². The zero-order chi connectivity index (χ0) is 15.4. The Bertz CT molecular complexity index is 520. The lowest BCUT2D eigenvalue weighted by atomic mass is 10.0. The van der Waals surface area contributed by atoms with Crippen molar-refractivity contribution < 1.29 is 14.8 Å². The number of likely N-dealkylation sites (tertiary alicyclic amines) is 1. The molecule has 1 N–H and O–H groups in total. The van der Waals surface area contributed by atoms with Crippen molar-refractivity contribution in [2.75, 3.05) is 18.9 Å². The monoisotopic (exact) mass is 310 g/mol. The second-order valence-electron chi connectivity index (χ2n) is 5.14. The lowest BCUT2D eigenvalue weighted by Gasteiger charge is -2.25. The fourth-order valence-electron chi connectivity index (χ4n) is 2.49. The Morgan fingerprint density at radius 2 is 2.14 bits per heavy atom. The van der Waals surface area contributed by atoms with Crippen molar-refractivity contribution in [3.05, 3.63) is 34.4 Å². The average molecular weight is 310 g/mol. The molecule has 1 aromatic rings. The molecule has 1 aromatic carbocycles. The van der Waals surface area contributed by atoms with Crippen LogP contribution in [0.2, 0.25) is 0 Å². The number of nitro groups is 1. The highest BCUT2D eigenvalue weighted by atomic mass is 32.2. The number of aliphatic hydroxyl groups is 1. The minimum absolute atomic E-state index is 0.00162. The number of nitro benzene ring substituents is 1. The van der Waals surface area contributed by atoms with Crippen molar-refractivity contribution in [2.45, 2.75) is 24.3 Å². The number of hydrogen-bond donors (Lipinski definition) is 1. The molecular formula is C14H18N2O4S. The number of rotatable bonds is 5. The highest BCUT2D eigenvalue weighted by Crippen LogP contribution is 2.26. The molecular weight excluding hydrogens is 292 g/mol. The van der Waals surface area contributed by atoms with Crippen LogP contribution in [0.15, 0.2) is 29.2 Å². The normalized spacial score (nSPS) is 21.5. The molecule has 0 spiro atoms. The molecule has 2 rings (SSSR count). The number of non-ortho nitro benzene ring substituents is 1. The maximum Gasteiger partial charge on any atom is 0.269 e. The van der Waals surface area contributed by atoms with E-state index in [0.717, 1.165) is 11.3 Å². The highest BCUT2D eigenvalue weighted by Gasteiger charge is 2.33. The van der Waals surface area contributed by atoms with Gasteiger partial charge in [-0.1, -0.05) is 6.92 Å². The molecule has 0 saturated carbocycles. The first-order chi connectivity index (χ1) is 10.0. The fourth-order valence-corrected chi connectivity index (χ4v) is 3.27. The molecule has 0 aromatic heterocycles. The van der Waals surface area contributed by atoms with Crippen LogP contribution in [0.4, 0.5) is 5.69 Å².